The molecular weight excluding hydrogens is 236 g/mol. The lowest BCUT2D eigenvalue weighted by Gasteiger charge is -2.05. The third-order valence-electron chi connectivity index (χ3n) is 2.70. The van der Waals surface area contributed by atoms with E-state index in [1.807, 2.05) is 30.8 Å². The highest BCUT2D eigenvalue weighted by Crippen LogP contribution is 2.27. The maximum atomic E-state index is 6.19. The minimum absolute atomic E-state index is 0.546. The van der Waals surface area contributed by atoms with Crippen LogP contribution in [0.5, 0.6) is 0 Å². The van der Waals surface area contributed by atoms with Crippen LogP contribution in [-0.4, -0.2) is 28.1 Å². The van der Waals surface area contributed by atoms with E-state index in [4.69, 9.17) is 11.6 Å². The molecule has 2 aromatic rings. The van der Waals surface area contributed by atoms with Gasteiger partial charge in [0.2, 0.25) is 0 Å². The van der Waals surface area contributed by atoms with E-state index in [0.29, 0.717) is 5.15 Å². The molecule has 0 fully saturated rings. The number of pyridine rings is 1. The molecule has 4 nitrogen and oxygen atoms in total. The number of rotatable bonds is 4. The Balaban J connectivity index is 2.38. The first-order valence-electron chi connectivity index (χ1n) is 5.50. The maximum absolute atomic E-state index is 6.19. The summed E-state index contributed by atoms with van der Waals surface area (Å²) >= 11 is 6.19. The lowest BCUT2D eigenvalue weighted by molar-refractivity contribution is 0.720. The van der Waals surface area contributed by atoms with E-state index in [1.165, 1.54) is 0 Å². The number of nitrogens with one attached hydrogen (secondary N) is 1. The van der Waals surface area contributed by atoms with Crippen LogP contribution in [0.2, 0.25) is 5.15 Å². The van der Waals surface area contributed by atoms with Gasteiger partial charge in [0, 0.05) is 38.0 Å². The Morgan fingerprint density at radius 1 is 1.35 bits per heavy atom. The van der Waals surface area contributed by atoms with Crippen LogP contribution in [0, 0.1) is 0 Å². The van der Waals surface area contributed by atoms with Crippen molar-refractivity contribution >= 4 is 11.6 Å². The van der Waals surface area contributed by atoms with Gasteiger partial charge in [0.25, 0.3) is 0 Å². The topological polar surface area (TPSA) is 42.7 Å². The lowest BCUT2D eigenvalue weighted by atomic mass is 10.2. The van der Waals surface area contributed by atoms with Crippen molar-refractivity contribution in [3.05, 3.63) is 35.5 Å². The molecule has 0 amide bonds. The summed E-state index contributed by atoms with van der Waals surface area (Å²) in [6.45, 7) is 0.886. The summed E-state index contributed by atoms with van der Waals surface area (Å²) in [6, 6.07) is 3.87. The minimum atomic E-state index is 0.546. The first-order chi connectivity index (χ1) is 8.24. The molecule has 0 aliphatic heterocycles. The van der Waals surface area contributed by atoms with Crippen molar-refractivity contribution in [1.82, 2.24) is 19.9 Å². The molecule has 0 aliphatic carbocycles. The van der Waals surface area contributed by atoms with E-state index in [0.717, 1.165) is 30.0 Å². The van der Waals surface area contributed by atoms with E-state index < -0.39 is 0 Å². The average Bonchev–Trinajstić information content (AvgIpc) is 2.63. The number of nitrogens with zero attached hydrogens (tertiary/aromatic N) is 3. The zero-order valence-electron chi connectivity index (χ0n) is 9.94. The van der Waals surface area contributed by atoms with E-state index in [1.54, 1.807) is 12.4 Å². The number of aromatic nitrogens is 3. The van der Waals surface area contributed by atoms with Gasteiger partial charge >= 0.3 is 0 Å². The molecule has 2 heterocycles. The normalized spacial score (nSPS) is 10.8. The highest BCUT2D eigenvalue weighted by atomic mass is 35.5. The van der Waals surface area contributed by atoms with Crippen molar-refractivity contribution in [1.29, 1.82) is 0 Å². The molecule has 2 rings (SSSR count). The van der Waals surface area contributed by atoms with Crippen LogP contribution in [-0.2, 0) is 13.5 Å². The van der Waals surface area contributed by atoms with Gasteiger partial charge in [-0.25, -0.2) is 4.98 Å². The molecule has 2 aromatic heterocycles. The molecule has 0 saturated heterocycles. The largest absolute Gasteiger partial charge is 0.330 e. The molecule has 5 heteroatoms. The predicted molar refractivity (Wildman–Crippen MR) is 69.1 cm³/mol. The standard InChI is InChI=1S/C12H15ClN4/c1-14-6-5-10-16-12(13)11(17(10)2)9-3-7-15-8-4-9/h3-4,7-8,14H,5-6H2,1-2H3. The Morgan fingerprint density at radius 3 is 2.71 bits per heavy atom. The van der Waals surface area contributed by atoms with Crippen molar-refractivity contribution < 1.29 is 0 Å². The second-order valence-electron chi connectivity index (χ2n) is 3.82. The molecule has 0 saturated carbocycles. The minimum Gasteiger partial charge on any atom is -0.330 e. The highest BCUT2D eigenvalue weighted by molar-refractivity contribution is 6.32. The Bertz CT molecular complexity index is 493. The monoisotopic (exact) mass is 250 g/mol. The van der Waals surface area contributed by atoms with Crippen LogP contribution in [0.1, 0.15) is 5.82 Å². The summed E-state index contributed by atoms with van der Waals surface area (Å²) in [5, 5.41) is 3.65. The fourth-order valence-electron chi connectivity index (χ4n) is 1.79. The molecular formula is C12H15ClN4. The van der Waals surface area contributed by atoms with Crippen LogP contribution < -0.4 is 5.32 Å². The fraction of sp³-hybridized carbons (Fsp3) is 0.333. The number of hydrogen-bond acceptors (Lipinski definition) is 3. The second kappa shape index (κ2) is 5.29. The van der Waals surface area contributed by atoms with Crippen LogP contribution >= 0.6 is 11.6 Å². The molecule has 90 valence electrons. The molecule has 0 aliphatic rings. The van der Waals surface area contributed by atoms with E-state index in [2.05, 4.69) is 15.3 Å². The summed E-state index contributed by atoms with van der Waals surface area (Å²) in [5.41, 5.74) is 1.98. The van der Waals surface area contributed by atoms with Crippen molar-refractivity contribution in [2.75, 3.05) is 13.6 Å². The Labute approximate surface area is 106 Å². The third-order valence-corrected chi connectivity index (χ3v) is 2.96. The summed E-state index contributed by atoms with van der Waals surface area (Å²) in [5.74, 6) is 0.983. The quantitative estimate of drug-likeness (QED) is 0.901. The predicted octanol–water partition coefficient (Wildman–Crippen LogP) is 1.90. The van der Waals surface area contributed by atoms with Gasteiger partial charge in [0.05, 0.1) is 5.69 Å². The fourth-order valence-corrected chi connectivity index (χ4v) is 2.13. The summed E-state index contributed by atoms with van der Waals surface area (Å²) in [7, 11) is 3.91. The Morgan fingerprint density at radius 2 is 2.06 bits per heavy atom. The molecule has 0 radical (unpaired) electrons. The van der Waals surface area contributed by atoms with Crippen molar-refractivity contribution in [3.63, 3.8) is 0 Å². The first-order valence-corrected chi connectivity index (χ1v) is 5.88. The zero-order chi connectivity index (χ0) is 12.3. The summed E-state index contributed by atoms with van der Waals surface area (Å²) in [4.78, 5) is 8.40. The van der Waals surface area contributed by atoms with E-state index in [-0.39, 0.29) is 0 Å². The number of halogens is 1. The number of likely N-dealkylation sites (N-methyl/N-ethyl adjacent to an activating group) is 1. The van der Waals surface area contributed by atoms with Crippen LogP contribution in [0.25, 0.3) is 11.3 Å². The SMILES string of the molecule is CNCCc1nc(Cl)c(-c2ccncc2)n1C. The molecule has 1 N–H and O–H groups in total. The zero-order valence-corrected chi connectivity index (χ0v) is 10.7. The van der Waals surface area contributed by atoms with Gasteiger partial charge in [-0.05, 0) is 19.2 Å². The van der Waals surface area contributed by atoms with Gasteiger partial charge in [0.15, 0.2) is 5.15 Å². The molecule has 0 aromatic carbocycles. The third kappa shape index (κ3) is 2.48. The summed E-state index contributed by atoms with van der Waals surface area (Å²) < 4.78 is 2.04. The average molecular weight is 251 g/mol. The van der Waals surface area contributed by atoms with Crippen molar-refractivity contribution in [2.45, 2.75) is 6.42 Å². The van der Waals surface area contributed by atoms with Gasteiger partial charge in [-0.3, -0.25) is 4.98 Å². The molecule has 17 heavy (non-hydrogen) atoms. The van der Waals surface area contributed by atoms with Crippen LogP contribution in [0.4, 0.5) is 0 Å². The van der Waals surface area contributed by atoms with Gasteiger partial charge in [-0.15, -0.1) is 0 Å². The van der Waals surface area contributed by atoms with Gasteiger partial charge in [-0.1, -0.05) is 11.6 Å². The van der Waals surface area contributed by atoms with Gasteiger partial charge < -0.3 is 9.88 Å². The number of hydrogen-bond donors (Lipinski definition) is 1. The van der Waals surface area contributed by atoms with Crippen LogP contribution in [0.3, 0.4) is 0 Å². The molecule has 0 atom stereocenters. The van der Waals surface area contributed by atoms with Gasteiger partial charge in [0.1, 0.15) is 5.82 Å². The smallest absolute Gasteiger partial charge is 0.155 e. The molecule has 0 unspecified atom stereocenters. The first kappa shape index (κ1) is 12.1. The molecule has 0 spiro atoms. The molecule has 0 bridgehead atoms. The van der Waals surface area contributed by atoms with Crippen LogP contribution in [0.15, 0.2) is 24.5 Å². The van der Waals surface area contributed by atoms with Gasteiger partial charge in [-0.2, -0.15) is 0 Å². The second-order valence-corrected chi connectivity index (χ2v) is 4.17. The number of imidazole rings is 1. The van der Waals surface area contributed by atoms with Crippen molar-refractivity contribution in [3.8, 4) is 11.3 Å². The van der Waals surface area contributed by atoms with E-state index in [9.17, 15) is 0 Å². The summed E-state index contributed by atoms with van der Waals surface area (Å²) in [6.07, 6.45) is 4.37. The Hall–Kier alpha value is -1.39. The van der Waals surface area contributed by atoms with E-state index >= 15 is 0 Å². The lowest BCUT2D eigenvalue weighted by Crippen LogP contribution is -2.13. The maximum Gasteiger partial charge on any atom is 0.155 e. The highest BCUT2D eigenvalue weighted by Gasteiger charge is 2.14. The van der Waals surface area contributed by atoms with Crippen molar-refractivity contribution in [2.24, 2.45) is 7.05 Å². The Kier molecular flexibility index (Phi) is 3.76.